The lowest BCUT2D eigenvalue weighted by atomic mass is 10.1. The number of rotatable bonds is 2. The molecule has 3 rings (SSSR count). The van der Waals surface area contributed by atoms with Crippen LogP contribution in [-0.4, -0.2) is 16.3 Å². The maximum atomic E-state index is 10.7. The number of fused-ring (bicyclic) bond motifs is 1. The molecule has 3 nitrogen and oxygen atoms in total. The van der Waals surface area contributed by atoms with Crippen LogP contribution in [0.4, 0.5) is 0 Å². The number of benzene rings is 1. The highest BCUT2D eigenvalue weighted by molar-refractivity contribution is 7.17. The molecule has 0 fully saturated rings. The van der Waals surface area contributed by atoms with Gasteiger partial charge in [0.15, 0.2) is 6.29 Å². The zero-order chi connectivity index (χ0) is 11.7. The van der Waals surface area contributed by atoms with Crippen LogP contribution in [0.3, 0.4) is 0 Å². The van der Waals surface area contributed by atoms with E-state index in [0.29, 0.717) is 5.69 Å². The van der Waals surface area contributed by atoms with Crippen molar-refractivity contribution in [1.82, 2.24) is 9.97 Å². The van der Waals surface area contributed by atoms with Crippen LogP contribution in [0.1, 0.15) is 10.5 Å². The molecule has 0 bridgehead atoms. The molecule has 0 saturated carbocycles. The predicted molar refractivity (Wildman–Crippen MR) is 68.2 cm³/mol. The molecule has 0 unspecified atom stereocenters. The second kappa shape index (κ2) is 4.07. The molecule has 0 aliphatic rings. The molecule has 0 spiro atoms. The number of aldehydes is 1. The van der Waals surface area contributed by atoms with Gasteiger partial charge in [-0.05, 0) is 12.1 Å². The fraction of sp³-hybridized carbons (Fsp3) is 0. The van der Waals surface area contributed by atoms with Gasteiger partial charge < -0.3 is 0 Å². The van der Waals surface area contributed by atoms with E-state index in [1.807, 2.05) is 12.1 Å². The third-order valence-corrected chi connectivity index (χ3v) is 3.53. The van der Waals surface area contributed by atoms with Crippen LogP contribution in [0.25, 0.3) is 21.3 Å². The van der Waals surface area contributed by atoms with E-state index in [1.54, 1.807) is 17.4 Å². The third-order valence-electron chi connectivity index (χ3n) is 2.57. The molecule has 0 atom stereocenters. The van der Waals surface area contributed by atoms with E-state index in [0.717, 1.165) is 22.9 Å². The van der Waals surface area contributed by atoms with Crippen molar-refractivity contribution < 1.29 is 4.79 Å². The summed E-state index contributed by atoms with van der Waals surface area (Å²) in [6.45, 7) is 0. The molecule has 0 aliphatic carbocycles. The standard InChI is InChI=1S/C13H8N2OS/c16-6-9-5-12(15-8-14-9)11-7-17-13-4-2-1-3-10(11)13/h1-8H. The molecule has 82 valence electrons. The van der Waals surface area contributed by atoms with Gasteiger partial charge in [0.05, 0.1) is 5.69 Å². The Morgan fingerprint density at radius 1 is 1.18 bits per heavy atom. The number of carbonyl (C=O) groups excluding carboxylic acids is 1. The van der Waals surface area contributed by atoms with Crippen molar-refractivity contribution in [1.29, 1.82) is 0 Å². The molecule has 0 saturated heterocycles. The Kier molecular flexibility index (Phi) is 2.42. The minimum atomic E-state index is 0.408. The van der Waals surface area contributed by atoms with Gasteiger partial charge in [-0.15, -0.1) is 11.3 Å². The van der Waals surface area contributed by atoms with Crippen molar-refractivity contribution in [2.75, 3.05) is 0 Å². The molecule has 3 aromatic rings. The second-order valence-corrected chi connectivity index (χ2v) is 4.50. The van der Waals surface area contributed by atoms with Gasteiger partial charge in [0.2, 0.25) is 0 Å². The summed E-state index contributed by atoms with van der Waals surface area (Å²) in [5, 5.41) is 3.22. The summed E-state index contributed by atoms with van der Waals surface area (Å²) in [6.07, 6.45) is 2.16. The summed E-state index contributed by atoms with van der Waals surface area (Å²) in [5.41, 5.74) is 2.25. The van der Waals surface area contributed by atoms with Crippen LogP contribution >= 0.6 is 11.3 Å². The summed E-state index contributed by atoms with van der Waals surface area (Å²) < 4.78 is 1.22. The molecule has 17 heavy (non-hydrogen) atoms. The Hall–Kier alpha value is -2.07. The van der Waals surface area contributed by atoms with Crippen molar-refractivity contribution >= 4 is 27.7 Å². The van der Waals surface area contributed by atoms with E-state index >= 15 is 0 Å². The first-order valence-corrected chi connectivity index (χ1v) is 6.00. The molecular weight excluding hydrogens is 232 g/mol. The van der Waals surface area contributed by atoms with Crippen molar-refractivity contribution in [2.24, 2.45) is 0 Å². The number of nitrogens with zero attached hydrogens (tertiary/aromatic N) is 2. The number of hydrogen-bond donors (Lipinski definition) is 0. The highest BCUT2D eigenvalue weighted by atomic mass is 32.1. The monoisotopic (exact) mass is 240 g/mol. The van der Waals surface area contributed by atoms with Gasteiger partial charge in [0, 0.05) is 21.0 Å². The third kappa shape index (κ3) is 1.72. The summed E-state index contributed by atoms with van der Waals surface area (Å²) in [7, 11) is 0. The van der Waals surface area contributed by atoms with E-state index in [2.05, 4.69) is 27.5 Å². The summed E-state index contributed by atoms with van der Waals surface area (Å²) in [5.74, 6) is 0. The summed E-state index contributed by atoms with van der Waals surface area (Å²) in [6, 6.07) is 9.86. The highest BCUT2D eigenvalue weighted by Gasteiger charge is 2.07. The highest BCUT2D eigenvalue weighted by Crippen LogP contribution is 2.32. The maximum absolute atomic E-state index is 10.7. The first kappa shape index (κ1) is 10.1. The van der Waals surface area contributed by atoms with Gasteiger partial charge in [-0.2, -0.15) is 0 Å². The number of carbonyl (C=O) groups is 1. The number of thiophene rings is 1. The Morgan fingerprint density at radius 2 is 2.06 bits per heavy atom. The van der Waals surface area contributed by atoms with Gasteiger partial charge in [-0.25, -0.2) is 9.97 Å². The Bertz CT molecular complexity index is 690. The van der Waals surface area contributed by atoms with Crippen LogP contribution < -0.4 is 0 Å². The van der Waals surface area contributed by atoms with Crippen LogP contribution in [-0.2, 0) is 0 Å². The normalized spacial score (nSPS) is 10.6. The van der Waals surface area contributed by atoms with Crippen LogP contribution in [0, 0.1) is 0 Å². The zero-order valence-corrected chi connectivity index (χ0v) is 9.65. The first-order valence-electron chi connectivity index (χ1n) is 5.12. The fourth-order valence-electron chi connectivity index (χ4n) is 1.76. The second-order valence-electron chi connectivity index (χ2n) is 3.59. The predicted octanol–water partition coefficient (Wildman–Crippen LogP) is 3.17. The molecule has 0 amide bonds. The SMILES string of the molecule is O=Cc1cc(-c2csc3ccccc23)ncn1. The average molecular weight is 240 g/mol. The molecular formula is C13H8N2OS. The molecule has 2 aromatic heterocycles. The lowest BCUT2D eigenvalue weighted by molar-refractivity contribution is 0.111. The van der Waals surface area contributed by atoms with E-state index in [-0.39, 0.29) is 0 Å². The van der Waals surface area contributed by atoms with Gasteiger partial charge in [0.1, 0.15) is 12.0 Å². The van der Waals surface area contributed by atoms with Crippen LogP contribution in [0.2, 0.25) is 0 Å². The van der Waals surface area contributed by atoms with Crippen LogP contribution in [0.15, 0.2) is 42.0 Å². The number of hydrogen-bond acceptors (Lipinski definition) is 4. The lowest BCUT2D eigenvalue weighted by Gasteiger charge is -1.98. The largest absolute Gasteiger partial charge is 0.296 e. The molecule has 0 radical (unpaired) electrons. The molecule has 0 N–H and O–H groups in total. The zero-order valence-electron chi connectivity index (χ0n) is 8.83. The van der Waals surface area contributed by atoms with Crippen LogP contribution in [0.5, 0.6) is 0 Å². The molecule has 2 heterocycles. The maximum Gasteiger partial charge on any atom is 0.168 e. The molecule has 1 aromatic carbocycles. The minimum Gasteiger partial charge on any atom is -0.296 e. The van der Waals surface area contributed by atoms with Crippen molar-refractivity contribution in [3.63, 3.8) is 0 Å². The van der Waals surface area contributed by atoms with E-state index in [1.165, 1.54) is 11.0 Å². The van der Waals surface area contributed by atoms with Gasteiger partial charge in [0.25, 0.3) is 0 Å². The van der Waals surface area contributed by atoms with Crippen molar-refractivity contribution in [3.05, 3.63) is 47.7 Å². The van der Waals surface area contributed by atoms with E-state index in [9.17, 15) is 4.79 Å². The Morgan fingerprint density at radius 3 is 2.94 bits per heavy atom. The summed E-state index contributed by atoms with van der Waals surface area (Å²) >= 11 is 1.67. The van der Waals surface area contributed by atoms with E-state index in [4.69, 9.17) is 0 Å². The topological polar surface area (TPSA) is 42.9 Å². The van der Waals surface area contributed by atoms with Crippen molar-refractivity contribution in [2.45, 2.75) is 0 Å². The van der Waals surface area contributed by atoms with Gasteiger partial charge in [-0.3, -0.25) is 4.79 Å². The fourth-order valence-corrected chi connectivity index (χ4v) is 2.71. The van der Waals surface area contributed by atoms with Gasteiger partial charge >= 0.3 is 0 Å². The first-order chi connectivity index (χ1) is 8.38. The Balaban J connectivity index is 2.23. The van der Waals surface area contributed by atoms with E-state index < -0.39 is 0 Å². The lowest BCUT2D eigenvalue weighted by Crippen LogP contribution is -1.90. The Labute approximate surface area is 102 Å². The molecule has 0 aliphatic heterocycles. The summed E-state index contributed by atoms with van der Waals surface area (Å²) in [4.78, 5) is 18.8. The smallest absolute Gasteiger partial charge is 0.168 e. The van der Waals surface area contributed by atoms with Crippen molar-refractivity contribution in [3.8, 4) is 11.3 Å². The molecule has 4 heteroatoms. The average Bonchev–Trinajstić information content (AvgIpc) is 2.82. The minimum absolute atomic E-state index is 0.408. The quantitative estimate of drug-likeness (QED) is 0.646. The number of aromatic nitrogens is 2. The van der Waals surface area contributed by atoms with Gasteiger partial charge in [-0.1, -0.05) is 18.2 Å².